The van der Waals surface area contributed by atoms with Gasteiger partial charge in [0.2, 0.25) is 10.0 Å². The summed E-state index contributed by atoms with van der Waals surface area (Å²) in [5.41, 5.74) is 1.79. The number of carbonyl (C=O) groups is 1. The van der Waals surface area contributed by atoms with E-state index in [1.807, 2.05) is 45.0 Å². The summed E-state index contributed by atoms with van der Waals surface area (Å²) in [6.45, 7) is 6.81. The highest BCUT2D eigenvalue weighted by molar-refractivity contribution is 7.88. The molecule has 0 spiro atoms. The molecule has 0 aromatic heterocycles. The molecule has 2 atom stereocenters. The second kappa shape index (κ2) is 13.4. The summed E-state index contributed by atoms with van der Waals surface area (Å²) in [5, 5.41) is 0. The fraction of sp³-hybridized carbons (Fsp3) is 0.581. The molecular weight excluding hydrogens is 528 g/mol. The standard InChI is InChI=1S/C31H44N2O6S/c1-31(2,3)39-30(34)33-19-9-14-28(32-40(4,35)36)29(33)22-38-26-17-15-24(16-18-26)25-12-8-13-27(20-25)37-21-23-10-6-5-7-11-23/h5-8,10-13,20,24,26,28-29,32H,9,14-19,21-22H2,1-4H3/t24?,26?,28-,29-/m0/s1. The van der Waals surface area contributed by atoms with Gasteiger partial charge in [0.1, 0.15) is 18.0 Å². The maximum absolute atomic E-state index is 13.0. The summed E-state index contributed by atoms with van der Waals surface area (Å²) in [7, 11) is -3.44. The second-order valence-electron chi connectivity index (χ2n) is 12.0. The van der Waals surface area contributed by atoms with Gasteiger partial charge in [-0.1, -0.05) is 42.5 Å². The summed E-state index contributed by atoms with van der Waals surface area (Å²) in [6, 6.07) is 17.7. The summed E-state index contributed by atoms with van der Waals surface area (Å²) >= 11 is 0. The zero-order valence-corrected chi connectivity index (χ0v) is 25.0. The van der Waals surface area contributed by atoms with Crippen LogP contribution in [0.2, 0.25) is 0 Å². The minimum Gasteiger partial charge on any atom is -0.489 e. The van der Waals surface area contributed by atoms with Crippen molar-refractivity contribution >= 4 is 16.1 Å². The fourth-order valence-electron chi connectivity index (χ4n) is 5.62. The van der Waals surface area contributed by atoms with Gasteiger partial charge in [0.05, 0.1) is 25.0 Å². The lowest BCUT2D eigenvalue weighted by Gasteiger charge is -2.42. The molecule has 4 rings (SSSR count). The smallest absolute Gasteiger partial charge is 0.410 e. The van der Waals surface area contributed by atoms with Crippen LogP contribution in [0.25, 0.3) is 0 Å². The van der Waals surface area contributed by atoms with Crippen LogP contribution in [0.5, 0.6) is 5.75 Å². The van der Waals surface area contributed by atoms with Crippen LogP contribution in [-0.4, -0.2) is 62.6 Å². The lowest BCUT2D eigenvalue weighted by molar-refractivity contribution is -0.0390. The van der Waals surface area contributed by atoms with Crippen molar-refractivity contribution in [1.29, 1.82) is 0 Å². The quantitative estimate of drug-likeness (QED) is 0.419. The third-order valence-corrected chi connectivity index (χ3v) is 8.26. The van der Waals surface area contributed by atoms with Crippen LogP contribution in [0.15, 0.2) is 54.6 Å². The Labute approximate surface area is 239 Å². The molecule has 2 fully saturated rings. The van der Waals surface area contributed by atoms with E-state index in [9.17, 15) is 13.2 Å². The van der Waals surface area contributed by atoms with E-state index in [1.165, 1.54) is 5.56 Å². The Morgan fingerprint density at radius 1 is 1.00 bits per heavy atom. The molecule has 8 nitrogen and oxygen atoms in total. The molecule has 1 heterocycles. The summed E-state index contributed by atoms with van der Waals surface area (Å²) in [6.07, 6.45) is 5.94. The average molecular weight is 573 g/mol. The first-order valence-electron chi connectivity index (χ1n) is 14.3. The summed E-state index contributed by atoms with van der Waals surface area (Å²) in [4.78, 5) is 14.6. The lowest BCUT2D eigenvalue weighted by Crippen LogP contribution is -2.59. The number of sulfonamides is 1. The molecule has 2 aromatic rings. The lowest BCUT2D eigenvalue weighted by atomic mass is 9.82. The van der Waals surface area contributed by atoms with Crippen LogP contribution in [0.4, 0.5) is 4.79 Å². The van der Waals surface area contributed by atoms with E-state index in [0.717, 1.165) is 43.3 Å². The minimum absolute atomic E-state index is 0.0649. The number of benzene rings is 2. The fourth-order valence-corrected chi connectivity index (χ4v) is 6.44. The number of hydrogen-bond donors (Lipinski definition) is 1. The van der Waals surface area contributed by atoms with Gasteiger partial charge in [-0.25, -0.2) is 17.9 Å². The van der Waals surface area contributed by atoms with Gasteiger partial charge in [0.25, 0.3) is 0 Å². The average Bonchev–Trinajstić information content (AvgIpc) is 2.90. The zero-order chi connectivity index (χ0) is 28.8. The van der Waals surface area contributed by atoms with E-state index < -0.39 is 33.8 Å². The Morgan fingerprint density at radius 2 is 1.73 bits per heavy atom. The van der Waals surface area contributed by atoms with Crippen LogP contribution >= 0.6 is 0 Å². The first-order chi connectivity index (χ1) is 19.0. The number of likely N-dealkylation sites (tertiary alicyclic amines) is 1. The van der Waals surface area contributed by atoms with Gasteiger partial charge in [-0.3, -0.25) is 0 Å². The monoisotopic (exact) mass is 572 g/mol. The number of amides is 1. The molecule has 1 aliphatic heterocycles. The number of nitrogens with zero attached hydrogens (tertiary/aromatic N) is 1. The van der Waals surface area contributed by atoms with Crippen LogP contribution in [0.3, 0.4) is 0 Å². The Morgan fingerprint density at radius 3 is 2.40 bits per heavy atom. The molecule has 1 aliphatic carbocycles. The van der Waals surface area contributed by atoms with E-state index in [0.29, 0.717) is 31.9 Å². The van der Waals surface area contributed by atoms with Gasteiger partial charge in [0, 0.05) is 12.6 Å². The first-order valence-corrected chi connectivity index (χ1v) is 16.2. The third-order valence-electron chi connectivity index (χ3n) is 7.53. The van der Waals surface area contributed by atoms with Crippen molar-refractivity contribution in [2.24, 2.45) is 0 Å². The minimum atomic E-state index is -3.44. The number of rotatable bonds is 9. The molecule has 9 heteroatoms. The van der Waals surface area contributed by atoms with Crippen LogP contribution in [-0.2, 0) is 26.1 Å². The van der Waals surface area contributed by atoms with E-state index in [1.54, 1.807) is 4.90 Å². The van der Waals surface area contributed by atoms with Crippen LogP contribution < -0.4 is 9.46 Å². The van der Waals surface area contributed by atoms with E-state index in [-0.39, 0.29) is 12.7 Å². The molecule has 1 amide bonds. The van der Waals surface area contributed by atoms with Crippen molar-refractivity contribution in [3.8, 4) is 5.75 Å². The van der Waals surface area contributed by atoms with E-state index >= 15 is 0 Å². The predicted molar refractivity (Wildman–Crippen MR) is 156 cm³/mol. The molecule has 2 aromatic carbocycles. The molecule has 1 saturated carbocycles. The molecule has 220 valence electrons. The number of piperidine rings is 1. The van der Waals surface area contributed by atoms with Crippen molar-refractivity contribution in [3.05, 3.63) is 65.7 Å². The topological polar surface area (TPSA) is 94.2 Å². The van der Waals surface area contributed by atoms with Crippen molar-refractivity contribution in [1.82, 2.24) is 9.62 Å². The third kappa shape index (κ3) is 9.21. The van der Waals surface area contributed by atoms with Crippen molar-refractivity contribution < 1.29 is 27.4 Å². The molecule has 40 heavy (non-hydrogen) atoms. The second-order valence-corrected chi connectivity index (χ2v) is 13.8. The highest BCUT2D eigenvalue weighted by Crippen LogP contribution is 2.36. The van der Waals surface area contributed by atoms with Crippen LogP contribution in [0, 0.1) is 0 Å². The Balaban J connectivity index is 1.33. The van der Waals surface area contributed by atoms with E-state index in [2.05, 4.69) is 35.1 Å². The van der Waals surface area contributed by atoms with Gasteiger partial charge < -0.3 is 19.1 Å². The van der Waals surface area contributed by atoms with Crippen molar-refractivity contribution in [3.63, 3.8) is 0 Å². The number of ether oxygens (including phenoxy) is 3. The maximum atomic E-state index is 13.0. The molecular formula is C31H44N2O6S. The molecule has 0 bridgehead atoms. The Bertz CT molecular complexity index is 1210. The predicted octanol–water partition coefficient (Wildman–Crippen LogP) is 5.63. The number of nitrogens with one attached hydrogen (secondary N) is 1. The van der Waals surface area contributed by atoms with Gasteiger partial charge in [-0.05, 0) is 88.5 Å². The summed E-state index contributed by atoms with van der Waals surface area (Å²) < 4.78 is 44.9. The molecule has 1 N–H and O–H groups in total. The van der Waals surface area contributed by atoms with Crippen molar-refractivity contribution in [2.45, 2.75) is 95.6 Å². The highest BCUT2D eigenvalue weighted by atomic mass is 32.2. The van der Waals surface area contributed by atoms with E-state index in [4.69, 9.17) is 14.2 Å². The molecule has 0 radical (unpaired) electrons. The van der Waals surface area contributed by atoms with Gasteiger partial charge in [-0.2, -0.15) is 0 Å². The highest BCUT2D eigenvalue weighted by Gasteiger charge is 2.38. The van der Waals surface area contributed by atoms with Gasteiger partial charge >= 0.3 is 6.09 Å². The molecule has 1 saturated heterocycles. The maximum Gasteiger partial charge on any atom is 0.410 e. The Kier molecular flexibility index (Phi) is 10.1. The van der Waals surface area contributed by atoms with Crippen LogP contribution in [0.1, 0.15) is 76.3 Å². The van der Waals surface area contributed by atoms with Gasteiger partial charge in [-0.15, -0.1) is 0 Å². The zero-order valence-electron chi connectivity index (χ0n) is 24.2. The largest absolute Gasteiger partial charge is 0.489 e. The molecule has 2 aliphatic rings. The molecule has 0 unspecified atom stereocenters. The van der Waals surface area contributed by atoms with Crippen molar-refractivity contribution in [2.75, 3.05) is 19.4 Å². The normalized spacial score (nSPS) is 23.9. The Hall–Kier alpha value is -2.62. The number of hydrogen-bond acceptors (Lipinski definition) is 6. The first kappa shape index (κ1) is 30.3. The van der Waals surface area contributed by atoms with Gasteiger partial charge in [0.15, 0.2) is 0 Å². The number of carbonyl (C=O) groups excluding carboxylic acids is 1. The SMILES string of the molecule is CC(C)(C)OC(=O)N1CCC[C@H](NS(C)(=O)=O)[C@@H]1COC1CCC(c2cccc(OCc3ccccc3)c2)CC1. The summed E-state index contributed by atoms with van der Waals surface area (Å²) in [5.74, 6) is 1.32.